The number of nitrogens with zero attached hydrogens (tertiary/aromatic N) is 4. The molecule has 2 unspecified atom stereocenters. The van der Waals surface area contributed by atoms with Crippen molar-refractivity contribution in [2.75, 3.05) is 12.3 Å². The average molecular weight is 653 g/mol. The standard InChI is InChI=1S/C29H42IN5O4/c1-17(9-12-28(3)18(2)7-8-20-19(28)6-5-11-29(20,4)30)10-13-34-15-33-26-22(25(34)31)32-16-35(26)27-24(38)23(37)21(14-36)39-27/h8,10,15-16,18-19,21,23-24,27,31,36-38H,5-7,9,11-14H2,1-4H3/p+1/b17-10+/t18-,19-,21-,23?,24+,27-,28?,29+/m1/s1. The minimum atomic E-state index is -1.21. The molecular formula is C29H43IN5O4+. The van der Waals surface area contributed by atoms with Gasteiger partial charge in [-0.1, -0.05) is 71.1 Å². The number of ether oxygens (including phenoxy) is 1. The number of anilines is 1. The minimum Gasteiger partial charge on any atom is -0.394 e. The van der Waals surface area contributed by atoms with E-state index in [1.165, 1.54) is 44.0 Å². The Bertz CT molecular complexity index is 1280. The van der Waals surface area contributed by atoms with Gasteiger partial charge in [-0.3, -0.25) is 4.57 Å². The van der Waals surface area contributed by atoms with Crippen molar-refractivity contribution in [2.45, 2.75) is 101 Å². The first-order chi connectivity index (χ1) is 18.5. The monoisotopic (exact) mass is 652 g/mol. The van der Waals surface area contributed by atoms with Crippen LogP contribution >= 0.6 is 22.6 Å². The van der Waals surface area contributed by atoms with E-state index < -0.39 is 31.1 Å². The van der Waals surface area contributed by atoms with E-state index in [1.807, 2.05) is 4.57 Å². The van der Waals surface area contributed by atoms with E-state index in [1.54, 1.807) is 16.5 Å². The van der Waals surface area contributed by atoms with Gasteiger partial charge in [0.15, 0.2) is 11.7 Å². The van der Waals surface area contributed by atoms with Crippen LogP contribution < -0.4 is 10.3 Å². The smallest absolute Gasteiger partial charge is 0.251 e. The van der Waals surface area contributed by atoms with Crippen LogP contribution in [0.15, 0.2) is 36.0 Å². The quantitative estimate of drug-likeness (QED) is 0.156. The van der Waals surface area contributed by atoms with E-state index in [0.717, 1.165) is 6.42 Å². The number of aromatic nitrogens is 4. The molecule has 0 amide bonds. The maximum Gasteiger partial charge on any atom is 0.251 e. The Morgan fingerprint density at radius 1 is 1.31 bits per heavy atom. The lowest BCUT2D eigenvalue weighted by Gasteiger charge is -2.52. The second kappa shape index (κ2) is 11.0. The van der Waals surface area contributed by atoms with E-state index in [4.69, 9.17) is 10.5 Å². The van der Waals surface area contributed by atoms with Crippen LogP contribution in [0.2, 0.25) is 0 Å². The summed E-state index contributed by atoms with van der Waals surface area (Å²) in [5, 5.41) is 30.0. The number of alkyl halides is 1. The van der Waals surface area contributed by atoms with Crippen LogP contribution in [0.3, 0.4) is 0 Å². The second-order valence-corrected chi connectivity index (χ2v) is 14.7. The van der Waals surface area contributed by atoms with Gasteiger partial charge in [0.25, 0.3) is 5.82 Å². The number of rotatable bonds is 7. The molecular weight excluding hydrogens is 609 g/mol. The molecule has 2 aromatic heterocycles. The Balaban J connectivity index is 1.28. The van der Waals surface area contributed by atoms with E-state index >= 15 is 0 Å². The fourth-order valence-electron chi connectivity index (χ4n) is 6.93. The number of fused-ring (bicyclic) bond motifs is 2. The number of hydrogen-bond acceptors (Lipinski definition) is 7. The number of halogens is 1. The summed E-state index contributed by atoms with van der Waals surface area (Å²) in [6.07, 6.45) is 11.1. The lowest BCUT2D eigenvalue weighted by atomic mass is 9.54. The predicted molar refractivity (Wildman–Crippen MR) is 158 cm³/mol. The van der Waals surface area contributed by atoms with Gasteiger partial charge in [0.1, 0.15) is 24.6 Å². The fourth-order valence-corrected chi connectivity index (χ4v) is 7.91. The van der Waals surface area contributed by atoms with E-state index in [9.17, 15) is 15.3 Å². The fraction of sp³-hybridized carbons (Fsp3) is 0.690. The van der Waals surface area contributed by atoms with Gasteiger partial charge >= 0.3 is 0 Å². The van der Waals surface area contributed by atoms with Crippen LogP contribution in [-0.2, 0) is 11.3 Å². The van der Waals surface area contributed by atoms with Gasteiger partial charge in [-0.05, 0) is 63.2 Å². The maximum absolute atomic E-state index is 10.4. The minimum absolute atomic E-state index is 0.294. The highest BCUT2D eigenvalue weighted by Gasteiger charge is 2.48. The van der Waals surface area contributed by atoms with Gasteiger partial charge in [0, 0.05) is 3.42 Å². The third kappa shape index (κ3) is 5.16. The molecule has 39 heavy (non-hydrogen) atoms. The molecule has 0 bridgehead atoms. The molecule has 214 valence electrons. The molecule has 3 aliphatic rings. The molecule has 5 N–H and O–H groups in total. The lowest BCUT2D eigenvalue weighted by Crippen LogP contribution is -2.44. The average Bonchev–Trinajstić information content (AvgIpc) is 3.45. The Morgan fingerprint density at radius 2 is 2.08 bits per heavy atom. The van der Waals surface area contributed by atoms with Crippen LogP contribution in [-0.4, -0.2) is 58.2 Å². The molecule has 0 radical (unpaired) electrons. The maximum atomic E-state index is 10.4. The first-order valence-electron chi connectivity index (χ1n) is 14.2. The van der Waals surface area contributed by atoms with Gasteiger partial charge in [-0.25, -0.2) is 9.55 Å². The summed E-state index contributed by atoms with van der Waals surface area (Å²) in [5.41, 5.74) is 10.8. The zero-order valence-electron chi connectivity index (χ0n) is 23.4. The third-order valence-electron chi connectivity index (χ3n) is 9.85. The summed E-state index contributed by atoms with van der Waals surface area (Å²) < 4.78 is 9.37. The SMILES string of the molecule is C/C(=C\C[n+]1cnc2c(ncn2[C@@H]2O[C@H](CO)C(O)[C@@H]2O)c1N)CCC1(C)[C@H](C)CC=C2[C@H]1CCC[C@]2(C)I. The van der Waals surface area contributed by atoms with Gasteiger partial charge in [-0.15, -0.1) is 0 Å². The van der Waals surface area contributed by atoms with Crippen molar-refractivity contribution in [1.29, 1.82) is 0 Å². The van der Waals surface area contributed by atoms with Gasteiger partial charge in [0.05, 0.1) is 13.2 Å². The normalized spacial score (nSPS) is 37.2. The zero-order valence-corrected chi connectivity index (χ0v) is 25.6. The molecule has 9 nitrogen and oxygen atoms in total. The van der Waals surface area contributed by atoms with Crippen molar-refractivity contribution in [2.24, 2.45) is 17.3 Å². The largest absolute Gasteiger partial charge is 0.394 e. The van der Waals surface area contributed by atoms with Crippen molar-refractivity contribution < 1.29 is 24.6 Å². The molecule has 0 spiro atoms. The van der Waals surface area contributed by atoms with Crippen LogP contribution in [0, 0.1) is 17.3 Å². The summed E-state index contributed by atoms with van der Waals surface area (Å²) in [6, 6.07) is 0. The third-order valence-corrected chi connectivity index (χ3v) is 11.0. The highest BCUT2D eigenvalue weighted by atomic mass is 127. The topological polar surface area (TPSA) is 131 Å². The van der Waals surface area contributed by atoms with Crippen LogP contribution in [0.1, 0.15) is 72.4 Å². The number of allylic oxidation sites excluding steroid dienone is 4. The first kappa shape index (κ1) is 28.9. The van der Waals surface area contributed by atoms with Crippen LogP contribution in [0.5, 0.6) is 0 Å². The second-order valence-electron chi connectivity index (χ2n) is 12.3. The van der Waals surface area contributed by atoms with E-state index in [-0.39, 0.29) is 0 Å². The van der Waals surface area contributed by atoms with E-state index in [2.05, 4.69) is 72.4 Å². The van der Waals surface area contributed by atoms with Gasteiger partial charge in [-0.2, -0.15) is 0 Å². The highest BCUT2D eigenvalue weighted by molar-refractivity contribution is 14.1. The molecule has 2 aromatic rings. The number of nitrogens with two attached hydrogens (primary N) is 1. The molecule has 10 heteroatoms. The van der Waals surface area contributed by atoms with Crippen molar-refractivity contribution in [3.63, 3.8) is 0 Å². The Hall–Kier alpha value is -1.60. The molecule has 1 saturated carbocycles. The summed E-state index contributed by atoms with van der Waals surface area (Å²) in [4.78, 5) is 8.96. The molecule has 5 rings (SSSR count). The summed E-state index contributed by atoms with van der Waals surface area (Å²) in [7, 11) is 0. The highest BCUT2D eigenvalue weighted by Crippen LogP contribution is 2.57. The molecule has 0 aromatic carbocycles. The Kier molecular flexibility index (Phi) is 8.15. The zero-order chi connectivity index (χ0) is 28.1. The number of aliphatic hydroxyl groups is 3. The molecule has 2 fully saturated rings. The van der Waals surface area contributed by atoms with Gasteiger partial charge in [0.2, 0.25) is 12.0 Å². The molecule has 8 atom stereocenters. The number of hydrogen-bond donors (Lipinski definition) is 4. The van der Waals surface area contributed by atoms with Crippen molar-refractivity contribution in [3.8, 4) is 0 Å². The molecule has 2 aliphatic carbocycles. The van der Waals surface area contributed by atoms with Gasteiger partial charge < -0.3 is 25.8 Å². The number of imidazole rings is 1. The molecule has 1 saturated heterocycles. The Labute approximate surface area is 244 Å². The lowest BCUT2D eigenvalue weighted by molar-refractivity contribution is -0.674. The van der Waals surface area contributed by atoms with Crippen LogP contribution in [0.25, 0.3) is 11.2 Å². The summed E-state index contributed by atoms with van der Waals surface area (Å²) >= 11 is 2.69. The molecule has 3 heterocycles. The predicted octanol–water partition coefficient (Wildman–Crippen LogP) is 3.61. The Morgan fingerprint density at radius 3 is 2.79 bits per heavy atom. The van der Waals surface area contributed by atoms with Crippen molar-refractivity contribution in [3.05, 3.63) is 36.0 Å². The molecule has 1 aliphatic heterocycles. The van der Waals surface area contributed by atoms with E-state index in [0.29, 0.717) is 44.2 Å². The number of nitrogen functional groups attached to an aromatic ring is 1. The summed E-state index contributed by atoms with van der Waals surface area (Å²) in [6.45, 7) is 9.78. The van der Waals surface area contributed by atoms with Crippen molar-refractivity contribution in [1.82, 2.24) is 14.5 Å². The van der Waals surface area contributed by atoms with Crippen LogP contribution in [0.4, 0.5) is 5.82 Å². The first-order valence-corrected chi connectivity index (χ1v) is 15.2. The number of aliphatic hydroxyl groups excluding tert-OH is 3. The summed E-state index contributed by atoms with van der Waals surface area (Å²) in [5.74, 6) is 1.82. The van der Waals surface area contributed by atoms with Crippen molar-refractivity contribution >= 4 is 39.6 Å².